The largest absolute Gasteiger partial charge is 0.507 e. The first-order chi connectivity index (χ1) is 23.5. The fraction of sp³-hybridized carbons (Fsp3) is 0.0233. The Bertz CT molecular complexity index is 2190. The molecule has 0 aliphatic rings. The maximum absolute atomic E-state index is 11.2. The fourth-order valence-electron chi connectivity index (χ4n) is 6.03. The Labute approximate surface area is 281 Å². The van der Waals surface area contributed by atoms with Gasteiger partial charge in [0.15, 0.2) is 0 Å². The van der Waals surface area contributed by atoms with E-state index in [0.717, 1.165) is 67.5 Å². The van der Waals surface area contributed by atoms with Gasteiger partial charge in [-0.15, -0.1) is 0 Å². The molecule has 0 radical (unpaired) electrons. The Morgan fingerprint density at radius 2 is 1.02 bits per heavy atom. The van der Waals surface area contributed by atoms with Crippen LogP contribution in [0.3, 0.4) is 0 Å². The highest BCUT2D eigenvalue weighted by Gasteiger charge is 2.15. The lowest BCUT2D eigenvalue weighted by Gasteiger charge is -2.24. The topological polar surface area (TPSA) is 73.5 Å². The van der Waals surface area contributed by atoms with Gasteiger partial charge in [-0.1, -0.05) is 109 Å². The van der Waals surface area contributed by atoms with Crippen LogP contribution in [0.5, 0.6) is 5.75 Å². The van der Waals surface area contributed by atoms with Crippen molar-refractivity contribution < 1.29 is 5.11 Å². The van der Waals surface area contributed by atoms with Crippen molar-refractivity contribution in [1.29, 1.82) is 0 Å². The number of rotatable bonds is 9. The molecule has 0 spiro atoms. The third kappa shape index (κ3) is 6.30. The number of aromatic hydroxyl groups is 1. The molecule has 0 atom stereocenters. The first-order valence-electron chi connectivity index (χ1n) is 15.9. The van der Waals surface area contributed by atoms with Gasteiger partial charge in [0.05, 0.1) is 22.7 Å². The quantitative estimate of drug-likeness (QED) is 0.120. The summed E-state index contributed by atoms with van der Waals surface area (Å²) >= 11 is 0. The van der Waals surface area contributed by atoms with E-state index >= 15 is 0 Å². The van der Waals surface area contributed by atoms with Crippen LogP contribution in [0.25, 0.3) is 33.4 Å². The maximum atomic E-state index is 11.2. The van der Waals surface area contributed by atoms with E-state index < -0.39 is 0 Å². The normalized spacial score (nSPS) is 10.8. The van der Waals surface area contributed by atoms with E-state index in [0.29, 0.717) is 5.69 Å². The zero-order valence-corrected chi connectivity index (χ0v) is 26.6. The van der Waals surface area contributed by atoms with Crippen LogP contribution >= 0.6 is 0 Å². The molecular formula is C43H36N4O. The molecule has 0 bridgehead atoms. The number of anilines is 7. The molecule has 0 saturated carbocycles. The lowest BCUT2D eigenvalue weighted by Crippen LogP contribution is -2.11. The smallest absolute Gasteiger partial charge is 0.123 e. The molecule has 0 heterocycles. The number of phenolic OH excluding ortho intramolecular Hbond substituents is 1. The molecule has 0 aliphatic heterocycles. The molecule has 0 aromatic heterocycles. The summed E-state index contributed by atoms with van der Waals surface area (Å²) in [6.07, 6.45) is 0. The Hall–Kier alpha value is -6.46. The first-order valence-corrected chi connectivity index (χ1v) is 15.9. The minimum atomic E-state index is 0.220. The molecular weight excluding hydrogens is 589 g/mol. The summed E-state index contributed by atoms with van der Waals surface area (Å²) < 4.78 is 0. The van der Waals surface area contributed by atoms with Crippen molar-refractivity contribution in [3.05, 3.63) is 170 Å². The van der Waals surface area contributed by atoms with E-state index in [-0.39, 0.29) is 5.75 Å². The molecule has 48 heavy (non-hydrogen) atoms. The van der Waals surface area contributed by atoms with Crippen molar-refractivity contribution in [1.82, 2.24) is 0 Å². The zero-order chi connectivity index (χ0) is 32.9. The van der Waals surface area contributed by atoms with E-state index in [1.807, 2.05) is 91.0 Å². The molecule has 234 valence electrons. The van der Waals surface area contributed by atoms with Gasteiger partial charge in [0.2, 0.25) is 0 Å². The first kappa shape index (κ1) is 30.2. The zero-order valence-electron chi connectivity index (χ0n) is 26.6. The molecule has 7 rings (SSSR count). The van der Waals surface area contributed by atoms with Crippen LogP contribution in [0.1, 0.15) is 0 Å². The van der Waals surface area contributed by atoms with Crippen LogP contribution in [0.2, 0.25) is 0 Å². The predicted molar refractivity (Wildman–Crippen MR) is 203 cm³/mol. The number of nitrogen functional groups attached to an aromatic ring is 1. The van der Waals surface area contributed by atoms with Crippen molar-refractivity contribution in [3.8, 4) is 39.1 Å². The highest BCUT2D eigenvalue weighted by molar-refractivity contribution is 5.90. The van der Waals surface area contributed by atoms with Crippen molar-refractivity contribution in [2.45, 2.75) is 0 Å². The molecule has 0 amide bonds. The second-order valence-electron chi connectivity index (χ2n) is 11.7. The van der Waals surface area contributed by atoms with Crippen LogP contribution in [0.4, 0.5) is 39.8 Å². The van der Waals surface area contributed by atoms with E-state index in [1.54, 1.807) is 6.07 Å². The van der Waals surface area contributed by atoms with Gasteiger partial charge >= 0.3 is 0 Å². The van der Waals surface area contributed by atoms with Crippen LogP contribution in [0.15, 0.2) is 170 Å². The molecule has 0 unspecified atom stereocenters. The van der Waals surface area contributed by atoms with Gasteiger partial charge in [-0.3, -0.25) is 0 Å². The van der Waals surface area contributed by atoms with E-state index in [1.165, 1.54) is 0 Å². The predicted octanol–water partition coefficient (Wildman–Crippen LogP) is 11.2. The van der Waals surface area contributed by atoms with Crippen molar-refractivity contribution in [2.75, 3.05) is 28.3 Å². The SMILES string of the molecule is CN(c1cccc(-c2ccc(O)c(-c3ccccc3Nc3ccccc3-c3ccccc3)c2)c1)c1ccccc1Nc1ccccc1N. The molecule has 5 heteroatoms. The summed E-state index contributed by atoms with van der Waals surface area (Å²) in [5.41, 5.74) is 18.6. The molecule has 0 saturated heterocycles. The van der Waals surface area contributed by atoms with Crippen LogP contribution < -0.4 is 21.3 Å². The Morgan fingerprint density at radius 1 is 0.458 bits per heavy atom. The van der Waals surface area contributed by atoms with Gasteiger partial charge in [0, 0.05) is 40.8 Å². The molecule has 7 aromatic carbocycles. The number of nitrogens with two attached hydrogens (primary N) is 1. The highest BCUT2D eigenvalue weighted by atomic mass is 16.3. The second kappa shape index (κ2) is 13.5. The summed E-state index contributed by atoms with van der Waals surface area (Å²) in [6.45, 7) is 0. The fourth-order valence-corrected chi connectivity index (χ4v) is 6.03. The minimum Gasteiger partial charge on any atom is -0.507 e. The van der Waals surface area contributed by atoms with Crippen molar-refractivity contribution in [2.24, 2.45) is 0 Å². The Kier molecular flexibility index (Phi) is 8.49. The number of para-hydroxylation sites is 6. The van der Waals surface area contributed by atoms with Gasteiger partial charge < -0.3 is 26.4 Å². The van der Waals surface area contributed by atoms with Gasteiger partial charge in [-0.2, -0.15) is 0 Å². The number of nitrogens with one attached hydrogen (secondary N) is 2. The summed E-state index contributed by atoms with van der Waals surface area (Å²) in [4.78, 5) is 2.16. The average molecular weight is 625 g/mol. The lowest BCUT2D eigenvalue weighted by atomic mass is 9.96. The molecule has 0 fully saturated rings. The third-order valence-corrected chi connectivity index (χ3v) is 8.56. The van der Waals surface area contributed by atoms with Crippen LogP contribution in [-0.2, 0) is 0 Å². The summed E-state index contributed by atoms with van der Waals surface area (Å²) in [5, 5.41) is 18.3. The summed E-state index contributed by atoms with van der Waals surface area (Å²) in [7, 11) is 2.06. The molecule has 5 nitrogen and oxygen atoms in total. The number of nitrogens with zero attached hydrogens (tertiary/aromatic N) is 1. The minimum absolute atomic E-state index is 0.220. The monoisotopic (exact) mass is 624 g/mol. The Morgan fingerprint density at radius 3 is 1.79 bits per heavy atom. The van der Waals surface area contributed by atoms with Crippen molar-refractivity contribution in [3.63, 3.8) is 0 Å². The molecule has 5 N–H and O–H groups in total. The second-order valence-corrected chi connectivity index (χ2v) is 11.7. The number of benzene rings is 7. The average Bonchev–Trinajstić information content (AvgIpc) is 3.14. The molecule has 0 aliphatic carbocycles. The van der Waals surface area contributed by atoms with Crippen molar-refractivity contribution >= 4 is 39.8 Å². The van der Waals surface area contributed by atoms with E-state index in [9.17, 15) is 5.11 Å². The Balaban J connectivity index is 1.21. The van der Waals surface area contributed by atoms with Crippen LogP contribution in [0, 0.1) is 0 Å². The molecule has 7 aromatic rings. The van der Waals surface area contributed by atoms with Gasteiger partial charge in [0.25, 0.3) is 0 Å². The van der Waals surface area contributed by atoms with Gasteiger partial charge in [0.1, 0.15) is 5.75 Å². The summed E-state index contributed by atoms with van der Waals surface area (Å²) in [5.74, 6) is 0.220. The summed E-state index contributed by atoms with van der Waals surface area (Å²) in [6, 6.07) is 56.9. The number of hydrogen-bond donors (Lipinski definition) is 4. The number of hydrogen-bond acceptors (Lipinski definition) is 5. The third-order valence-electron chi connectivity index (χ3n) is 8.56. The lowest BCUT2D eigenvalue weighted by molar-refractivity contribution is 0.477. The standard InChI is InChI=1S/C43H36N4O/c1-47(42-25-12-11-24-41(42)46-40-23-10-7-20-37(40)44)33-17-13-16-31(28-33)32-26-27-43(48)36(29-32)35-19-6-9-22-39(35)45-38-21-8-5-18-34(38)30-14-3-2-4-15-30/h2-29,45-46,48H,44H2,1H3. The van der Waals surface area contributed by atoms with E-state index in [4.69, 9.17) is 5.73 Å². The van der Waals surface area contributed by atoms with Gasteiger partial charge in [-0.05, 0) is 77.4 Å². The highest BCUT2D eigenvalue weighted by Crippen LogP contribution is 2.41. The van der Waals surface area contributed by atoms with Crippen LogP contribution in [-0.4, -0.2) is 12.2 Å². The number of phenols is 1. The van der Waals surface area contributed by atoms with Gasteiger partial charge in [-0.25, -0.2) is 0 Å². The van der Waals surface area contributed by atoms with E-state index in [2.05, 4.69) is 95.4 Å². The maximum Gasteiger partial charge on any atom is 0.123 e.